The second kappa shape index (κ2) is 9.72. The number of hydrogen-bond donors (Lipinski definition) is 3. The van der Waals surface area contributed by atoms with Crippen LogP contribution >= 0.6 is 11.8 Å². The Morgan fingerprint density at radius 3 is 2.39 bits per heavy atom. The number of carboxylic acids is 1. The summed E-state index contributed by atoms with van der Waals surface area (Å²) >= 11 is 1.19. The number of β-lactam (4-membered cyclic amide) rings is 1. The van der Waals surface area contributed by atoms with Crippen LogP contribution in [0.4, 0.5) is 0 Å². The molecule has 0 unspecified atom stereocenters. The number of amides is 3. The van der Waals surface area contributed by atoms with Gasteiger partial charge in [-0.3, -0.25) is 19.3 Å². The van der Waals surface area contributed by atoms with E-state index in [1.165, 1.54) is 48.2 Å². The number of rotatable bonds is 8. The highest BCUT2D eigenvalue weighted by molar-refractivity contribution is 8.00. The van der Waals surface area contributed by atoms with Crippen LogP contribution in [0.2, 0.25) is 0 Å². The van der Waals surface area contributed by atoms with Crippen molar-refractivity contribution in [3.05, 3.63) is 77.3 Å². The summed E-state index contributed by atoms with van der Waals surface area (Å²) in [6.45, 7) is 0.117. The van der Waals surface area contributed by atoms with E-state index in [1.54, 1.807) is 23.0 Å². The molecular formula is C22H20N4O8S2. The normalized spacial score (nSPS) is 20.2. The second-order valence-electron chi connectivity index (χ2n) is 8.06. The predicted octanol–water partition coefficient (Wildman–Crippen LogP) is -0.902. The average Bonchev–Trinajstić information content (AvgIpc) is 2.82. The standard InChI is InChI=1S/C22H20N4O8S2/c23-18(27)13-6-8-25(9-7-13)10-14-11-35-21-15(20(29)26(21)16(14)22(30)31)24-19(28)17(36(32,33)34)12-4-2-1-3-5-12/h1-9,15,17,21H,10-11H2,(H4-,23,24,27,28,30,31,32,33,34)/t15-,17-,21-/m1/s1. The van der Waals surface area contributed by atoms with Crippen molar-refractivity contribution < 1.29 is 41.8 Å². The molecule has 3 heterocycles. The third-order valence-corrected chi connectivity index (χ3v) is 8.13. The number of primary amides is 1. The lowest BCUT2D eigenvalue weighted by Crippen LogP contribution is -2.71. The molecule has 14 heteroatoms. The van der Waals surface area contributed by atoms with Crippen LogP contribution in [-0.2, 0) is 31.0 Å². The molecule has 1 fully saturated rings. The first-order chi connectivity index (χ1) is 17.0. The van der Waals surface area contributed by atoms with E-state index in [0.717, 1.165) is 4.90 Å². The minimum Gasteiger partial charge on any atom is -0.747 e. The number of carboxylic acid groups (broad SMARTS) is 1. The van der Waals surface area contributed by atoms with Crippen molar-refractivity contribution in [1.82, 2.24) is 10.2 Å². The first kappa shape index (κ1) is 25.3. The zero-order chi connectivity index (χ0) is 26.2. The van der Waals surface area contributed by atoms with E-state index in [-0.39, 0.29) is 29.1 Å². The Morgan fingerprint density at radius 1 is 1.19 bits per heavy atom. The van der Waals surface area contributed by atoms with Gasteiger partial charge in [-0.2, -0.15) is 0 Å². The topological polar surface area (TPSA) is 191 Å². The molecule has 2 aliphatic heterocycles. The van der Waals surface area contributed by atoms with Gasteiger partial charge in [0.05, 0.1) is 5.56 Å². The number of aromatic nitrogens is 1. The lowest BCUT2D eigenvalue weighted by atomic mass is 10.0. The predicted molar refractivity (Wildman–Crippen MR) is 124 cm³/mol. The quantitative estimate of drug-likeness (QED) is 0.220. The van der Waals surface area contributed by atoms with Crippen molar-refractivity contribution in [3.63, 3.8) is 0 Å². The molecule has 1 aromatic carbocycles. The van der Waals surface area contributed by atoms with E-state index in [2.05, 4.69) is 5.32 Å². The molecule has 0 aliphatic carbocycles. The molecule has 2 aromatic rings. The van der Waals surface area contributed by atoms with Gasteiger partial charge in [0, 0.05) is 23.5 Å². The van der Waals surface area contributed by atoms with Crippen molar-refractivity contribution in [2.45, 2.75) is 23.2 Å². The lowest BCUT2D eigenvalue weighted by Gasteiger charge is -2.49. The maximum atomic E-state index is 12.9. The van der Waals surface area contributed by atoms with Crippen LogP contribution in [0.1, 0.15) is 21.2 Å². The summed E-state index contributed by atoms with van der Waals surface area (Å²) in [5.41, 5.74) is 5.64. The summed E-state index contributed by atoms with van der Waals surface area (Å²) in [6, 6.07) is 8.92. The third-order valence-electron chi connectivity index (χ3n) is 5.73. The Kier molecular flexibility index (Phi) is 6.84. The van der Waals surface area contributed by atoms with Gasteiger partial charge in [0.25, 0.3) is 5.91 Å². The molecule has 1 aromatic heterocycles. The average molecular weight is 533 g/mol. The van der Waals surface area contributed by atoms with Crippen LogP contribution in [0.15, 0.2) is 66.1 Å². The van der Waals surface area contributed by atoms with Gasteiger partial charge in [-0.25, -0.2) is 17.8 Å². The molecule has 188 valence electrons. The first-order valence-electron chi connectivity index (χ1n) is 10.5. The van der Waals surface area contributed by atoms with E-state index in [4.69, 9.17) is 5.73 Å². The summed E-state index contributed by atoms with van der Waals surface area (Å²) in [4.78, 5) is 50.0. The van der Waals surface area contributed by atoms with Crippen LogP contribution in [0.3, 0.4) is 0 Å². The number of nitrogens with two attached hydrogens (primary N) is 1. The van der Waals surface area contributed by atoms with E-state index >= 15 is 0 Å². The van der Waals surface area contributed by atoms with Crippen LogP contribution in [0.5, 0.6) is 0 Å². The minimum absolute atomic E-state index is 0.0438. The zero-order valence-corrected chi connectivity index (χ0v) is 20.1. The molecule has 36 heavy (non-hydrogen) atoms. The van der Waals surface area contributed by atoms with Crippen LogP contribution < -0.4 is 15.6 Å². The van der Waals surface area contributed by atoms with Crippen LogP contribution in [-0.4, -0.2) is 63.8 Å². The zero-order valence-electron chi connectivity index (χ0n) is 18.4. The maximum Gasteiger partial charge on any atom is 0.352 e. The van der Waals surface area contributed by atoms with Crippen molar-refractivity contribution >= 4 is 45.6 Å². The molecule has 0 bridgehead atoms. The first-order valence-corrected chi connectivity index (χ1v) is 13.0. The van der Waals surface area contributed by atoms with Crippen molar-refractivity contribution in [2.24, 2.45) is 5.73 Å². The van der Waals surface area contributed by atoms with Gasteiger partial charge in [0.1, 0.15) is 27.2 Å². The van der Waals surface area contributed by atoms with E-state index in [1.807, 2.05) is 0 Å². The van der Waals surface area contributed by atoms with Gasteiger partial charge in [-0.15, -0.1) is 11.8 Å². The molecule has 3 amide bonds. The molecule has 4 rings (SSSR count). The summed E-state index contributed by atoms with van der Waals surface area (Å²) in [6.07, 6.45) is 3.11. The molecule has 0 radical (unpaired) electrons. The van der Waals surface area contributed by atoms with Gasteiger partial charge in [0.2, 0.25) is 11.8 Å². The van der Waals surface area contributed by atoms with Crippen molar-refractivity contribution in [2.75, 3.05) is 5.75 Å². The Bertz CT molecular complexity index is 1380. The smallest absolute Gasteiger partial charge is 0.352 e. The third kappa shape index (κ3) is 4.82. The number of thioether (sulfide) groups is 1. The highest BCUT2D eigenvalue weighted by Gasteiger charge is 2.55. The number of carbonyl (C=O) groups is 4. The summed E-state index contributed by atoms with van der Waals surface area (Å²) < 4.78 is 37.1. The SMILES string of the molecule is NC(=O)c1cc[n+](CC2=C(C(=O)O)N3C(=O)[C@@H](NC(=O)[C@@H](c4ccccc4)S(=O)(=O)[O-])[C@H]3SC2)cc1. The molecular weight excluding hydrogens is 512 g/mol. The fourth-order valence-electron chi connectivity index (χ4n) is 4.06. The van der Waals surface area contributed by atoms with Gasteiger partial charge in [0.15, 0.2) is 24.2 Å². The number of pyridine rings is 1. The number of nitrogens with zero attached hydrogens (tertiary/aromatic N) is 2. The molecule has 2 aliphatic rings. The van der Waals surface area contributed by atoms with Crippen LogP contribution in [0, 0.1) is 0 Å². The number of aliphatic carboxylic acids is 1. The lowest BCUT2D eigenvalue weighted by molar-refractivity contribution is -0.689. The number of nitrogens with one attached hydrogen (secondary N) is 1. The van der Waals surface area contributed by atoms with E-state index in [9.17, 15) is 37.3 Å². The Balaban J connectivity index is 1.54. The van der Waals surface area contributed by atoms with Crippen LogP contribution in [0.25, 0.3) is 0 Å². The monoisotopic (exact) mass is 532 g/mol. The fourth-order valence-corrected chi connectivity index (χ4v) is 6.21. The van der Waals surface area contributed by atoms with E-state index < -0.39 is 50.5 Å². The molecule has 0 saturated carbocycles. The highest BCUT2D eigenvalue weighted by atomic mass is 32.2. The highest BCUT2D eigenvalue weighted by Crippen LogP contribution is 2.40. The van der Waals surface area contributed by atoms with Gasteiger partial charge >= 0.3 is 5.97 Å². The number of hydrogen-bond acceptors (Lipinski definition) is 8. The van der Waals surface area contributed by atoms with Gasteiger partial charge < -0.3 is 20.7 Å². The van der Waals surface area contributed by atoms with Gasteiger partial charge in [-0.1, -0.05) is 30.3 Å². The summed E-state index contributed by atoms with van der Waals surface area (Å²) in [5.74, 6) is -3.64. The second-order valence-corrected chi connectivity index (χ2v) is 10.6. The molecule has 12 nitrogen and oxygen atoms in total. The maximum absolute atomic E-state index is 12.9. The van der Waals surface area contributed by atoms with Crippen molar-refractivity contribution in [3.8, 4) is 0 Å². The minimum atomic E-state index is -5.10. The van der Waals surface area contributed by atoms with Crippen molar-refractivity contribution in [1.29, 1.82) is 0 Å². The molecule has 3 atom stereocenters. The largest absolute Gasteiger partial charge is 0.747 e. The fraction of sp³-hybridized carbons (Fsp3) is 0.227. The molecule has 4 N–H and O–H groups in total. The van der Waals surface area contributed by atoms with Gasteiger partial charge in [-0.05, 0) is 5.56 Å². The Hall–Kier alpha value is -3.75. The number of fused-ring (bicyclic) bond motifs is 1. The van der Waals surface area contributed by atoms with E-state index in [0.29, 0.717) is 5.57 Å². The molecule has 0 spiro atoms. The summed E-state index contributed by atoms with van der Waals surface area (Å²) in [7, 11) is -5.10. The molecule has 1 saturated heterocycles. The number of benzene rings is 1. The summed E-state index contributed by atoms with van der Waals surface area (Å²) in [5, 5.41) is 9.29. The number of carbonyl (C=O) groups excluding carboxylic acids is 3. The Labute approximate surface area is 209 Å². The Morgan fingerprint density at radius 2 is 1.83 bits per heavy atom.